The molecule has 1 fully saturated rings. The van der Waals surface area contributed by atoms with Crippen molar-refractivity contribution in [1.82, 2.24) is 5.32 Å². The quantitative estimate of drug-likeness (QED) is 0.808. The Hall–Kier alpha value is -1.17. The van der Waals surface area contributed by atoms with E-state index in [0.717, 1.165) is 0 Å². The minimum absolute atomic E-state index is 0.190. The molecular weight excluding hydrogens is 273 g/mol. The van der Waals surface area contributed by atoms with Gasteiger partial charge in [0.15, 0.2) is 0 Å². The number of rotatable bonds is 4. The minimum atomic E-state index is -0.190. The van der Waals surface area contributed by atoms with Crippen LogP contribution in [0.1, 0.15) is 43.2 Å². The van der Waals surface area contributed by atoms with Crippen LogP contribution in [-0.4, -0.2) is 6.04 Å². The van der Waals surface area contributed by atoms with Crippen LogP contribution in [0.3, 0.4) is 0 Å². The van der Waals surface area contributed by atoms with Crippen molar-refractivity contribution in [2.24, 2.45) is 0 Å². The summed E-state index contributed by atoms with van der Waals surface area (Å²) >= 11 is 0. The molecule has 0 bridgehead atoms. The average molecular weight is 297 g/mol. The van der Waals surface area contributed by atoms with E-state index in [2.05, 4.69) is 75.2 Å². The lowest BCUT2D eigenvalue weighted by molar-refractivity contribution is 0.340. The zero-order valence-electron chi connectivity index (χ0n) is 12.5. The van der Waals surface area contributed by atoms with Crippen LogP contribution in [0.15, 0.2) is 60.7 Å². The van der Waals surface area contributed by atoms with Gasteiger partial charge in [0.05, 0.1) is 5.28 Å². The molecule has 1 unspecified atom stereocenters. The fourth-order valence-corrected chi connectivity index (χ4v) is 3.92. The van der Waals surface area contributed by atoms with Crippen LogP contribution in [0, 0.1) is 0 Å². The van der Waals surface area contributed by atoms with E-state index in [1.165, 1.54) is 43.2 Å². The predicted octanol–water partition coefficient (Wildman–Crippen LogP) is 4.69. The molecule has 2 heteroatoms. The molecule has 1 N–H and O–H groups in total. The number of hydrogen-bond donors (Lipinski definition) is 1. The Labute approximate surface area is 130 Å². The maximum absolute atomic E-state index is 3.93. The van der Waals surface area contributed by atoms with Crippen LogP contribution in [-0.2, 0) is 5.28 Å². The third-order valence-electron chi connectivity index (χ3n) is 4.50. The second-order valence-electron chi connectivity index (χ2n) is 6.02. The fraction of sp³-hybridized carbons (Fsp3) is 0.368. The zero-order valence-corrected chi connectivity index (χ0v) is 13.6. The Bertz CT molecular complexity index is 507. The molecule has 0 heterocycles. The Morgan fingerprint density at radius 1 is 0.762 bits per heavy atom. The van der Waals surface area contributed by atoms with Crippen molar-refractivity contribution in [2.75, 3.05) is 0 Å². The predicted molar refractivity (Wildman–Crippen MR) is 93.4 cm³/mol. The van der Waals surface area contributed by atoms with Crippen LogP contribution in [0.5, 0.6) is 0 Å². The summed E-state index contributed by atoms with van der Waals surface area (Å²) in [5.74, 6) is 0. The molecule has 3 rings (SSSR count). The average Bonchev–Trinajstić information content (AvgIpc) is 2.57. The smallest absolute Gasteiger partial charge is 0.0831 e. The first-order chi connectivity index (χ1) is 10.3. The van der Waals surface area contributed by atoms with E-state index < -0.39 is 0 Å². The van der Waals surface area contributed by atoms with E-state index >= 15 is 0 Å². The molecule has 0 spiro atoms. The molecule has 0 aliphatic heterocycles. The van der Waals surface area contributed by atoms with Crippen LogP contribution in [0.2, 0.25) is 0 Å². The third kappa shape index (κ3) is 3.36. The summed E-state index contributed by atoms with van der Waals surface area (Å²) in [7, 11) is 3.08. The third-order valence-corrected chi connectivity index (χ3v) is 5.33. The van der Waals surface area contributed by atoms with Crippen molar-refractivity contribution >= 4 is 9.24 Å². The van der Waals surface area contributed by atoms with Gasteiger partial charge in [0, 0.05) is 6.04 Å². The Kier molecular flexibility index (Phi) is 4.73. The summed E-state index contributed by atoms with van der Waals surface area (Å²) in [4.78, 5) is 0. The van der Waals surface area contributed by atoms with E-state index in [9.17, 15) is 0 Å². The molecule has 0 saturated heterocycles. The molecule has 0 aromatic heterocycles. The SMILES string of the molecule is PC(NC1CCCCC1)(c1ccccc1)c1ccccc1. The van der Waals surface area contributed by atoms with Gasteiger partial charge in [-0.05, 0) is 24.0 Å². The van der Waals surface area contributed by atoms with Crippen LogP contribution >= 0.6 is 9.24 Å². The van der Waals surface area contributed by atoms with Gasteiger partial charge in [-0.25, -0.2) is 0 Å². The van der Waals surface area contributed by atoms with Gasteiger partial charge >= 0.3 is 0 Å². The fourth-order valence-electron chi connectivity index (χ4n) is 3.30. The lowest BCUT2D eigenvalue weighted by atomic mass is 9.91. The molecule has 0 amide bonds. The zero-order chi connectivity index (χ0) is 14.5. The first-order valence-corrected chi connectivity index (χ1v) is 8.54. The topological polar surface area (TPSA) is 12.0 Å². The molecule has 2 aromatic carbocycles. The van der Waals surface area contributed by atoms with E-state index in [-0.39, 0.29) is 5.28 Å². The second kappa shape index (κ2) is 6.73. The van der Waals surface area contributed by atoms with Gasteiger partial charge in [0.2, 0.25) is 0 Å². The van der Waals surface area contributed by atoms with Crippen LogP contribution in [0.4, 0.5) is 0 Å². The van der Waals surface area contributed by atoms with Gasteiger partial charge in [0.25, 0.3) is 0 Å². The summed E-state index contributed by atoms with van der Waals surface area (Å²) < 4.78 is 0. The summed E-state index contributed by atoms with van der Waals surface area (Å²) in [5.41, 5.74) is 2.62. The Morgan fingerprint density at radius 2 is 1.24 bits per heavy atom. The van der Waals surface area contributed by atoms with Gasteiger partial charge < -0.3 is 0 Å². The highest BCUT2D eigenvalue weighted by Gasteiger charge is 2.31. The maximum atomic E-state index is 3.93. The molecule has 0 radical (unpaired) electrons. The number of benzene rings is 2. The van der Waals surface area contributed by atoms with Crippen LogP contribution in [0.25, 0.3) is 0 Å². The van der Waals surface area contributed by atoms with Crippen molar-refractivity contribution in [3.05, 3.63) is 71.8 Å². The lowest BCUT2D eigenvalue weighted by Crippen LogP contribution is -2.45. The summed E-state index contributed by atoms with van der Waals surface area (Å²) in [6.07, 6.45) is 6.66. The minimum Gasteiger partial charge on any atom is -0.298 e. The number of nitrogens with one attached hydrogen (secondary N) is 1. The van der Waals surface area contributed by atoms with E-state index in [1.54, 1.807) is 0 Å². The van der Waals surface area contributed by atoms with Crippen molar-refractivity contribution in [3.8, 4) is 0 Å². The Balaban J connectivity index is 1.94. The molecule has 1 aliphatic carbocycles. The normalized spacial score (nSPS) is 16.8. The lowest BCUT2D eigenvalue weighted by Gasteiger charge is -2.37. The molecule has 1 saturated carbocycles. The summed E-state index contributed by atoms with van der Waals surface area (Å²) in [5, 5.41) is 3.74. The summed E-state index contributed by atoms with van der Waals surface area (Å²) in [6, 6.07) is 22.1. The van der Waals surface area contributed by atoms with Crippen molar-refractivity contribution in [2.45, 2.75) is 43.4 Å². The van der Waals surface area contributed by atoms with Gasteiger partial charge in [-0.15, -0.1) is 9.24 Å². The van der Waals surface area contributed by atoms with Crippen molar-refractivity contribution in [1.29, 1.82) is 0 Å². The monoisotopic (exact) mass is 297 g/mol. The van der Waals surface area contributed by atoms with Gasteiger partial charge in [-0.3, -0.25) is 5.32 Å². The maximum Gasteiger partial charge on any atom is 0.0831 e. The van der Waals surface area contributed by atoms with E-state index in [0.29, 0.717) is 6.04 Å². The highest BCUT2D eigenvalue weighted by atomic mass is 31.0. The molecule has 2 aromatic rings. The largest absolute Gasteiger partial charge is 0.298 e. The highest BCUT2D eigenvalue weighted by molar-refractivity contribution is 7.18. The second-order valence-corrected chi connectivity index (χ2v) is 6.89. The number of hydrogen-bond acceptors (Lipinski definition) is 1. The molecule has 110 valence electrons. The first-order valence-electron chi connectivity index (χ1n) is 7.97. The first kappa shape index (κ1) is 14.8. The van der Waals surface area contributed by atoms with Crippen molar-refractivity contribution in [3.63, 3.8) is 0 Å². The highest BCUT2D eigenvalue weighted by Crippen LogP contribution is 2.37. The van der Waals surface area contributed by atoms with Gasteiger partial charge in [0.1, 0.15) is 0 Å². The molecule has 21 heavy (non-hydrogen) atoms. The summed E-state index contributed by atoms with van der Waals surface area (Å²) in [6.45, 7) is 0. The van der Waals surface area contributed by atoms with E-state index in [4.69, 9.17) is 0 Å². The molecular formula is C19H24NP. The molecule has 1 nitrogen and oxygen atoms in total. The van der Waals surface area contributed by atoms with E-state index in [1.807, 2.05) is 0 Å². The standard InChI is InChI=1S/C19H24NP/c21-19(16-10-4-1-5-11-16,17-12-6-2-7-13-17)20-18-14-8-3-9-15-18/h1-2,4-7,10-13,18,20H,3,8-9,14-15,21H2. The van der Waals surface area contributed by atoms with Crippen molar-refractivity contribution < 1.29 is 0 Å². The van der Waals surface area contributed by atoms with Gasteiger partial charge in [-0.2, -0.15) is 0 Å². The Morgan fingerprint density at radius 3 is 1.71 bits per heavy atom. The molecule has 1 aliphatic rings. The van der Waals surface area contributed by atoms with Crippen LogP contribution < -0.4 is 5.32 Å². The van der Waals surface area contributed by atoms with Gasteiger partial charge in [-0.1, -0.05) is 79.9 Å². The molecule has 1 atom stereocenters.